The number of esters is 1. The first-order valence-corrected chi connectivity index (χ1v) is 12.9. The van der Waals surface area contributed by atoms with Gasteiger partial charge in [-0.15, -0.1) is 0 Å². The van der Waals surface area contributed by atoms with Crippen LogP contribution >= 0.6 is 0 Å². The molecule has 4 aliphatic rings. The van der Waals surface area contributed by atoms with Gasteiger partial charge in [0.1, 0.15) is 6.10 Å². The monoisotopic (exact) mass is 424 g/mol. The molecule has 0 heterocycles. The predicted molar refractivity (Wildman–Crippen MR) is 128 cm³/mol. The summed E-state index contributed by atoms with van der Waals surface area (Å²) >= 11 is 0. The largest absolute Gasteiger partial charge is 0.462 e. The van der Waals surface area contributed by atoms with Crippen LogP contribution in [0.25, 0.3) is 0 Å². The average Bonchev–Trinajstić information content (AvgIpc) is 3.05. The van der Waals surface area contributed by atoms with Crippen molar-refractivity contribution in [2.75, 3.05) is 0 Å². The lowest BCUT2D eigenvalue weighted by Gasteiger charge is -2.55. The van der Waals surface area contributed by atoms with E-state index in [9.17, 15) is 4.79 Å². The fraction of sp³-hybridized carbons (Fsp3) is 0.759. The number of fused-ring (bicyclic) bond motifs is 5. The molecule has 0 aliphatic heterocycles. The Balaban J connectivity index is 1.54. The molecule has 0 N–H and O–H groups in total. The van der Waals surface area contributed by atoms with E-state index in [1.165, 1.54) is 37.7 Å². The van der Waals surface area contributed by atoms with E-state index in [2.05, 4.69) is 58.9 Å². The highest BCUT2D eigenvalue weighted by molar-refractivity contribution is 5.66. The van der Waals surface area contributed by atoms with Crippen molar-refractivity contribution in [2.24, 2.45) is 40.4 Å². The van der Waals surface area contributed by atoms with E-state index >= 15 is 0 Å². The summed E-state index contributed by atoms with van der Waals surface area (Å²) in [7, 11) is 0. The number of rotatable bonds is 5. The first-order chi connectivity index (χ1) is 14.6. The molecule has 0 radical (unpaired) electrons. The molecule has 3 fully saturated rings. The van der Waals surface area contributed by atoms with Gasteiger partial charge in [0.05, 0.1) is 0 Å². The predicted octanol–water partition coefficient (Wildman–Crippen LogP) is 7.66. The van der Waals surface area contributed by atoms with E-state index in [1.807, 2.05) is 0 Å². The van der Waals surface area contributed by atoms with Crippen molar-refractivity contribution in [3.63, 3.8) is 0 Å². The summed E-state index contributed by atoms with van der Waals surface area (Å²) < 4.78 is 5.59. The first-order valence-electron chi connectivity index (χ1n) is 12.9. The smallest absolute Gasteiger partial charge is 0.302 e. The van der Waals surface area contributed by atoms with Gasteiger partial charge >= 0.3 is 5.97 Å². The second-order valence-corrected chi connectivity index (χ2v) is 12.0. The van der Waals surface area contributed by atoms with Crippen molar-refractivity contribution in [1.82, 2.24) is 0 Å². The van der Waals surface area contributed by atoms with E-state index in [0.29, 0.717) is 17.3 Å². The summed E-state index contributed by atoms with van der Waals surface area (Å²) in [6.45, 7) is 13.7. The lowest BCUT2D eigenvalue weighted by Crippen LogP contribution is -2.46. The van der Waals surface area contributed by atoms with Crippen molar-refractivity contribution in [2.45, 2.75) is 99.0 Å². The zero-order valence-electron chi connectivity index (χ0n) is 20.7. The van der Waals surface area contributed by atoms with Gasteiger partial charge < -0.3 is 4.74 Å². The molecule has 4 aliphatic carbocycles. The van der Waals surface area contributed by atoms with Crippen LogP contribution in [0.15, 0.2) is 35.5 Å². The Kier molecular flexibility index (Phi) is 6.32. The molecule has 2 heteroatoms. The molecule has 0 saturated heterocycles. The van der Waals surface area contributed by atoms with Gasteiger partial charge in [-0.25, -0.2) is 0 Å². The van der Waals surface area contributed by atoms with Crippen molar-refractivity contribution in [3.8, 4) is 0 Å². The molecular formula is C29H44O2. The molecule has 0 aromatic carbocycles. The highest BCUT2D eigenvalue weighted by Gasteiger charge is 2.56. The fourth-order valence-corrected chi connectivity index (χ4v) is 7.91. The molecule has 7 unspecified atom stereocenters. The van der Waals surface area contributed by atoms with Gasteiger partial charge in [-0.2, -0.15) is 0 Å². The second kappa shape index (κ2) is 8.56. The normalized spacial score (nSPS) is 40.6. The standard InChI is InChI=1S/C29H44O2/c1-19(2)8-7-9-20(3)25-12-13-26-24-11-10-22-18-23(31-21(4)30)14-16-28(22,5)27(24)15-17-29(25,26)6/h7,9-11,19-20,23,25-27H,8,12-18H2,1-6H3. The van der Waals surface area contributed by atoms with E-state index in [1.54, 1.807) is 12.5 Å². The van der Waals surface area contributed by atoms with Crippen LogP contribution in [0.3, 0.4) is 0 Å². The zero-order chi connectivity index (χ0) is 22.4. The first kappa shape index (κ1) is 22.9. The highest BCUT2D eigenvalue weighted by atomic mass is 16.5. The quantitative estimate of drug-likeness (QED) is 0.334. The molecule has 0 bridgehead atoms. The van der Waals surface area contributed by atoms with Gasteiger partial charge in [-0.05, 0) is 85.4 Å². The summed E-state index contributed by atoms with van der Waals surface area (Å²) in [6, 6.07) is 0. The SMILES string of the molecule is CC(=O)OC1CCC2(C)C(=CC=C3C2CCC2(C)C3CCC2C(C)C=CCC(C)C)C1. The number of hydrogen-bond donors (Lipinski definition) is 0. The third-order valence-electron chi connectivity index (χ3n) is 9.61. The molecule has 0 aromatic heterocycles. The van der Waals surface area contributed by atoms with Crippen LogP contribution in [0.5, 0.6) is 0 Å². The molecule has 172 valence electrons. The third kappa shape index (κ3) is 4.09. The summed E-state index contributed by atoms with van der Waals surface area (Å²) in [6.07, 6.45) is 19.7. The molecule has 31 heavy (non-hydrogen) atoms. The molecule has 0 amide bonds. The number of carbonyl (C=O) groups excluding carboxylic acids is 1. The van der Waals surface area contributed by atoms with Crippen LogP contribution in [-0.2, 0) is 9.53 Å². The van der Waals surface area contributed by atoms with Crippen molar-refractivity contribution in [3.05, 3.63) is 35.5 Å². The number of ether oxygens (including phenoxy) is 1. The molecule has 2 nitrogen and oxygen atoms in total. The summed E-state index contributed by atoms with van der Waals surface area (Å²) in [5.74, 6) is 3.53. The Morgan fingerprint density at radius 2 is 1.87 bits per heavy atom. The number of hydrogen-bond acceptors (Lipinski definition) is 2. The molecule has 0 aromatic rings. The topological polar surface area (TPSA) is 26.3 Å². The van der Waals surface area contributed by atoms with Gasteiger partial charge in [0.15, 0.2) is 0 Å². The third-order valence-corrected chi connectivity index (χ3v) is 9.61. The van der Waals surface area contributed by atoms with E-state index in [-0.39, 0.29) is 17.5 Å². The van der Waals surface area contributed by atoms with E-state index in [0.717, 1.165) is 37.0 Å². The van der Waals surface area contributed by atoms with Gasteiger partial charge in [-0.3, -0.25) is 4.79 Å². The van der Waals surface area contributed by atoms with Crippen LogP contribution in [0.1, 0.15) is 92.9 Å². The maximum atomic E-state index is 11.5. The van der Waals surface area contributed by atoms with Gasteiger partial charge in [0.25, 0.3) is 0 Å². The number of carbonyl (C=O) groups is 1. The van der Waals surface area contributed by atoms with Gasteiger partial charge in [0, 0.05) is 13.3 Å². The van der Waals surface area contributed by atoms with E-state index < -0.39 is 0 Å². The lowest BCUT2D eigenvalue weighted by molar-refractivity contribution is -0.148. The van der Waals surface area contributed by atoms with Gasteiger partial charge in [0.2, 0.25) is 0 Å². The Labute approximate surface area is 190 Å². The highest BCUT2D eigenvalue weighted by Crippen LogP contribution is 2.66. The molecular weight excluding hydrogens is 380 g/mol. The summed E-state index contributed by atoms with van der Waals surface area (Å²) in [5.41, 5.74) is 4.00. The lowest BCUT2D eigenvalue weighted by atomic mass is 9.50. The Hall–Kier alpha value is -1.31. The summed E-state index contributed by atoms with van der Waals surface area (Å²) in [5, 5.41) is 0. The number of allylic oxidation sites excluding steroid dienone is 5. The fourth-order valence-electron chi connectivity index (χ4n) is 7.91. The van der Waals surface area contributed by atoms with E-state index in [4.69, 9.17) is 4.74 Å². The zero-order valence-corrected chi connectivity index (χ0v) is 20.7. The van der Waals surface area contributed by atoms with Crippen LogP contribution in [0.2, 0.25) is 0 Å². The minimum Gasteiger partial charge on any atom is -0.462 e. The maximum absolute atomic E-state index is 11.5. The maximum Gasteiger partial charge on any atom is 0.302 e. The van der Waals surface area contributed by atoms with Crippen LogP contribution in [-0.4, -0.2) is 12.1 Å². The van der Waals surface area contributed by atoms with Crippen LogP contribution in [0, 0.1) is 40.4 Å². The average molecular weight is 425 g/mol. The Morgan fingerprint density at radius 3 is 2.58 bits per heavy atom. The van der Waals surface area contributed by atoms with Crippen molar-refractivity contribution < 1.29 is 9.53 Å². The van der Waals surface area contributed by atoms with Crippen molar-refractivity contribution in [1.29, 1.82) is 0 Å². The molecule has 7 atom stereocenters. The molecule has 3 saturated carbocycles. The minimum atomic E-state index is -0.136. The minimum absolute atomic E-state index is 0.0787. The second-order valence-electron chi connectivity index (χ2n) is 12.0. The van der Waals surface area contributed by atoms with Crippen molar-refractivity contribution >= 4 is 5.97 Å². The molecule has 4 rings (SSSR count). The summed E-state index contributed by atoms with van der Waals surface area (Å²) in [4.78, 5) is 11.5. The van der Waals surface area contributed by atoms with Crippen LogP contribution in [0.4, 0.5) is 0 Å². The Bertz CT molecular complexity index is 787. The van der Waals surface area contributed by atoms with Crippen LogP contribution < -0.4 is 0 Å². The van der Waals surface area contributed by atoms with Gasteiger partial charge in [-0.1, -0.05) is 70.1 Å². The Morgan fingerprint density at radius 1 is 1.10 bits per heavy atom. The molecule has 0 spiro atoms.